The van der Waals surface area contributed by atoms with Gasteiger partial charge in [0, 0.05) is 19.3 Å². The molecule has 2 saturated carbocycles. The molecule has 0 radical (unpaired) electrons. The van der Waals surface area contributed by atoms with Crippen LogP contribution in [0.25, 0.3) is 26.0 Å². The third-order valence-electron chi connectivity index (χ3n) is 12.1. The number of aromatic nitrogens is 2. The van der Waals surface area contributed by atoms with E-state index >= 15 is 0 Å². The van der Waals surface area contributed by atoms with Crippen molar-refractivity contribution in [2.24, 2.45) is 11.5 Å². The van der Waals surface area contributed by atoms with E-state index in [-0.39, 0.29) is 36.9 Å². The number of alkyl halides is 3. The van der Waals surface area contributed by atoms with Crippen LogP contribution in [-0.4, -0.2) is 41.5 Å². The molecule has 2 aromatic heterocycles. The first-order valence-electron chi connectivity index (χ1n) is 23.3. The molecule has 2 heterocycles. The summed E-state index contributed by atoms with van der Waals surface area (Å²) in [5.74, 6) is -6.07. The third kappa shape index (κ3) is 14.0. The average molecular weight is 1080 g/mol. The molecule has 0 saturated heterocycles. The molecule has 2 amide bonds. The van der Waals surface area contributed by atoms with E-state index in [1.165, 1.54) is 77.6 Å². The van der Waals surface area contributed by atoms with Crippen molar-refractivity contribution in [1.29, 1.82) is 0 Å². The second-order valence-corrected chi connectivity index (χ2v) is 21.1. The van der Waals surface area contributed by atoms with Gasteiger partial charge in [-0.1, -0.05) is 31.1 Å². The number of nitrogens with two attached hydrogens (primary N) is 2. The van der Waals surface area contributed by atoms with Gasteiger partial charge in [-0.2, -0.15) is 21.6 Å². The number of fused-ring (bicyclic) bond motifs is 2. The van der Waals surface area contributed by atoms with Crippen molar-refractivity contribution in [2.75, 3.05) is 0 Å². The molecular formula is C51H49F7N4O8S3. The van der Waals surface area contributed by atoms with Crippen LogP contribution < -0.4 is 20.9 Å². The largest absolute Gasteiger partial charge is 0.534 e. The lowest BCUT2D eigenvalue weighted by atomic mass is 9.98. The average Bonchev–Trinajstić information content (AvgIpc) is 4.20. The molecule has 0 aliphatic heterocycles. The molecule has 4 N–H and O–H groups in total. The molecule has 73 heavy (non-hydrogen) atoms. The quantitative estimate of drug-likeness (QED) is 0.0677. The fourth-order valence-electron chi connectivity index (χ4n) is 8.43. The number of benzene rings is 4. The minimum absolute atomic E-state index is 0.0120. The van der Waals surface area contributed by atoms with E-state index < -0.39 is 61.8 Å². The molecule has 0 atom stereocenters. The van der Waals surface area contributed by atoms with E-state index in [4.69, 9.17) is 20.9 Å². The number of thiazole rings is 2. The lowest BCUT2D eigenvalue weighted by Crippen LogP contribution is -2.25. The van der Waals surface area contributed by atoms with Crippen LogP contribution >= 0.6 is 22.7 Å². The maximum atomic E-state index is 14.2. The second kappa shape index (κ2) is 24.1. The van der Waals surface area contributed by atoms with E-state index in [0.717, 1.165) is 83.2 Å². The Hall–Kier alpha value is -6.39. The number of carbonyl (C=O) groups is 3. The second-order valence-electron chi connectivity index (χ2n) is 17.3. The molecule has 22 heteroatoms. The monoisotopic (exact) mass is 1070 g/mol. The molecule has 6 aromatic rings. The van der Waals surface area contributed by atoms with Gasteiger partial charge in [0.1, 0.15) is 57.5 Å². The molecule has 4 aliphatic rings. The van der Waals surface area contributed by atoms with Crippen LogP contribution in [0.4, 0.5) is 30.7 Å². The van der Waals surface area contributed by atoms with Crippen LogP contribution in [0.3, 0.4) is 0 Å². The van der Waals surface area contributed by atoms with E-state index in [0.29, 0.717) is 34.6 Å². The maximum absolute atomic E-state index is 14.2. The number of primary amides is 2. The standard InChI is InChI=1S/C20H18F2N2O2S.C20H16F2N2O2S.C6H7F3O3S.C5H8O/c2*21-13-6-7-15(19(22)18(13)20(23)25)26-10-17-24-14-9-12(5-8-16(14)27-17)11-3-1-2-4-11;7-6(8,9)13(10,11)12-5-3-1-2-4-5;6-5-3-1-2-4-5/h5-9,11H,1-4,10H2,(H2,23,25);3,5-9H,1-2,4,10H2,(H2,23,25);3H,1-2,4H2;1-4H2. The Bertz CT molecular complexity index is 3180. The highest BCUT2D eigenvalue weighted by molar-refractivity contribution is 7.87. The smallest absolute Gasteiger partial charge is 0.483 e. The summed E-state index contributed by atoms with van der Waals surface area (Å²) in [5.41, 5.74) is 8.71. The highest BCUT2D eigenvalue weighted by Crippen LogP contribution is 2.37. The summed E-state index contributed by atoms with van der Waals surface area (Å²) in [6, 6.07) is 16.7. The summed E-state index contributed by atoms with van der Waals surface area (Å²) < 4.78 is 128. The topological polar surface area (TPSA) is 191 Å². The zero-order valence-electron chi connectivity index (χ0n) is 39.0. The normalized spacial score (nSPS) is 15.7. The van der Waals surface area contributed by atoms with E-state index in [9.17, 15) is 53.5 Å². The maximum Gasteiger partial charge on any atom is 0.534 e. The Morgan fingerprint density at radius 2 is 1.18 bits per heavy atom. The van der Waals surface area contributed by atoms with Crippen molar-refractivity contribution in [3.8, 4) is 11.5 Å². The van der Waals surface area contributed by atoms with Crippen molar-refractivity contribution in [3.63, 3.8) is 0 Å². The van der Waals surface area contributed by atoms with Crippen LogP contribution in [0.15, 0.2) is 78.6 Å². The van der Waals surface area contributed by atoms with Crippen LogP contribution in [0.2, 0.25) is 0 Å². The number of amides is 2. The summed E-state index contributed by atoms with van der Waals surface area (Å²) >= 11 is 2.91. The molecule has 10 rings (SSSR count). The lowest BCUT2D eigenvalue weighted by Gasteiger charge is -2.09. The minimum atomic E-state index is -5.45. The fourth-order valence-corrected chi connectivity index (χ4v) is 10.7. The molecule has 388 valence electrons. The van der Waals surface area contributed by atoms with Crippen LogP contribution in [0.5, 0.6) is 11.5 Å². The van der Waals surface area contributed by atoms with E-state index in [1.807, 2.05) is 6.07 Å². The summed E-state index contributed by atoms with van der Waals surface area (Å²) in [7, 11) is -5.45. The molecule has 4 aliphatic carbocycles. The third-order valence-corrected chi connectivity index (χ3v) is 15.1. The van der Waals surface area contributed by atoms with E-state index in [1.54, 1.807) is 0 Å². The lowest BCUT2D eigenvalue weighted by molar-refractivity contribution is -0.117. The highest BCUT2D eigenvalue weighted by Gasteiger charge is 2.49. The summed E-state index contributed by atoms with van der Waals surface area (Å²) in [5, 5.41) is 1.34. The Labute approximate surface area is 423 Å². The van der Waals surface area contributed by atoms with Crippen molar-refractivity contribution >= 4 is 76.4 Å². The number of Topliss-reactive ketones (excluding diaryl/α,β-unsaturated/α-hetero) is 1. The van der Waals surface area contributed by atoms with Gasteiger partial charge in [0.05, 0.1) is 20.4 Å². The molecule has 0 bridgehead atoms. The van der Waals surface area contributed by atoms with Crippen LogP contribution in [0.1, 0.15) is 138 Å². The van der Waals surface area contributed by atoms with Gasteiger partial charge in [0.25, 0.3) is 11.8 Å². The number of ketones is 1. The molecular weight excluding hydrogens is 1030 g/mol. The van der Waals surface area contributed by atoms with Gasteiger partial charge in [-0.05, 0) is 135 Å². The first-order chi connectivity index (χ1) is 34.8. The Balaban J connectivity index is 0.000000159. The number of rotatable bonds is 12. The zero-order chi connectivity index (χ0) is 52.5. The summed E-state index contributed by atoms with van der Waals surface area (Å²) in [6.07, 6.45) is 17.4. The predicted octanol–water partition coefficient (Wildman–Crippen LogP) is 12.8. The van der Waals surface area contributed by atoms with Gasteiger partial charge in [-0.15, -0.1) is 22.7 Å². The molecule has 0 unspecified atom stereocenters. The number of hydrogen-bond acceptors (Lipinski definition) is 12. The van der Waals surface area contributed by atoms with Gasteiger partial charge in [-0.3, -0.25) is 14.4 Å². The SMILES string of the molecule is NC(=O)c1c(F)ccc(OCc2nc3cc(C4=CCCC4)ccc3s2)c1F.NC(=O)c1c(F)ccc(OCc2nc3cc(C4CCCC4)ccc3s2)c1F.O=C1CCCC1.O=S(=O)(OC1=CCCC1)C(F)(F)F. The number of nitrogens with zero attached hydrogens (tertiary/aromatic N) is 2. The van der Waals surface area contributed by atoms with Crippen molar-refractivity contribution in [1.82, 2.24) is 9.97 Å². The molecule has 4 aromatic carbocycles. The predicted molar refractivity (Wildman–Crippen MR) is 262 cm³/mol. The molecule has 0 spiro atoms. The number of allylic oxidation sites excluding steroid dienone is 4. The minimum Gasteiger partial charge on any atom is -0.483 e. The van der Waals surface area contributed by atoms with Gasteiger partial charge in [0.15, 0.2) is 23.1 Å². The fraction of sp³-hybridized carbons (Fsp3) is 0.353. The van der Waals surface area contributed by atoms with E-state index in [2.05, 4.69) is 50.6 Å². The van der Waals surface area contributed by atoms with Crippen molar-refractivity contribution in [2.45, 2.75) is 115 Å². The van der Waals surface area contributed by atoms with Crippen molar-refractivity contribution < 1.29 is 67.2 Å². The molecule has 2 fully saturated rings. The number of ether oxygens (including phenoxy) is 2. The zero-order valence-corrected chi connectivity index (χ0v) is 41.5. The van der Waals surface area contributed by atoms with Gasteiger partial charge >= 0.3 is 15.6 Å². The van der Waals surface area contributed by atoms with Gasteiger partial charge in [-0.25, -0.2) is 27.5 Å². The number of hydrogen-bond donors (Lipinski definition) is 2. The summed E-state index contributed by atoms with van der Waals surface area (Å²) in [6.45, 7) is 0.0387. The number of carbonyl (C=O) groups excluding carboxylic acids is 3. The van der Waals surface area contributed by atoms with Crippen molar-refractivity contribution in [3.05, 3.63) is 134 Å². The number of halogens is 7. The first-order valence-corrected chi connectivity index (χ1v) is 26.3. The van der Waals surface area contributed by atoms with Crippen LogP contribution in [0, 0.1) is 23.3 Å². The Kier molecular flexibility index (Phi) is 18.0. The Morgan fingerprint density at radius 1 is 0.658 bits per heavy atom. The van der Waals surface area contributed by atoms with Gasteiger partial charge in [0.2, 0.25) is 0 Å². The van der Waals surface area contributed by atoms with Crippen LogP contribution in [-0.2, 0) is 32.3 Å². The van der Waals surface area contributed by atoms with Gasteiger partial charge < -0.3 is 25.1 Å². The summed E-state index contributed by atoms with van der Waals surface area (Å²) in [4.78, 5) is 41.8. The molecule has 12 nitrogen and oxygen atoms in total. The first kappa shape index (κ1) is 54.4. The Morgan fingerprint density at radius 3 is 1.64 bits per heavy atom. The highest BCUT2D eigenvalue weighted by atomic mass is 32.2.